The van der Waals surface area contributed by atoms with E-state index >= 15 is 0 Å². The van der Waals surface area contributed by atoms with Crippen molar-refractivity contribution in [2.45, 2.75) is 6.54 Å². The Morgan fingerprint density at radius 2 is 1.83 bits per heavy atom. The van der Waals surface area contributed by atoms with E-state index in [0.29, 0.717) is 54.3 Å². The van der Waals surface area contributed by atoms with Gasteiger partial charge in [0, 0.05) is 16.8 Å². The Hall–Kier alpha value is -3.24. The van der Waals surface area contributed by atoms with E-state index in [4.69, 9.17) is 21.3 Å². The minimum atomic E-state index is -0.199. The Kier molecular flexibility index (Phi) is 5.37. The Morgan fingerprint density at radius 3 is 2.60 bits per heavy atom. The number of hydrogen-bond acceptors (Lipinski definition) is 6. The number of quaternary nitrogens is 1. The highest BCUT2D eigenvalue weighted by Gasteiger charge is 2.51. The highest BCUT2D eigenvalue weighted by atomic mass is 35.5. The average molecular weight is 509 g/mol. The molecule has 0 saturated carbocycles. The molecule has 178 valence electrons. The van der Waals surface area contributed by atoms with Gasteiger partial charge in [-0.15, -0.1) is 5.01 Å². The van der Waals surface area contributed by atoms with Gasteiger partial charge in [-0.25, -0.2) is 9.66 Å². The molecule has 1 amide bonds. The summed E-state index contributed by atoms with van der Waals surface area (Å²) >= 11 is 7.99. The zero-order valence-electron chi connectivity index (χ0n) is 19.1. The Bertz CT molecular complexity index is 1480. The van der Waals surface area contributed by atoms with Crippen molar-refractivity contribution in [3.63, 3.8) is 0 Å². The lowest BCUT2D eigenvalue weighted by Gasteiger charge is -2.35. The van der Waals surface area contributed by atoms with Crippen LogP contribution in [0, 0.1) is 0 Å². The Morgan fingerprint density at radius 1 is 1.09 bits per heavy atom. The minimum Gasteiger partial charge on any atom is -0.378 e. The molecule has 35 heavy (non-hydrogen) atoms. The fourth-order valence-corrected chi connectivity index (χ4v) is 6.08. The number of thiazole rings is 1. The number of anilines is 1. The van der Waals surface area contributed by atoms with Gasteiger partial charge in [-0.2, -0.15) is 4.59 Å². The summed E-state index contributed by atoms with van der Waals surface area (Å²) < 4.78 is 8.01. The van der Waals surface area contributed by atoms with Crippen molar-refractivity contribution in [3.05, 3.63) is 87.3 Å². The highest BCUT2D eigenvalue weighted by molar-refractivity contribution is 7.22. The topological polar surface area (TPSA) is 67.7 Å². The van der Waals surface area contributed by atoms with Crippen molar-refractivity contribution < 1.29 is 9.53 Å². The first kappa shape index (κ1) is 22.2. The third kappa shape index (κ3) is 3.63. The first-order chi connectivity index (χ1) is 17.0. The fourth-order valence-electron chi connectivity index (χ4n) is 4.83. The molecule has 10 heteroatoms. The molecule has 1 atom stereocenters. The number of carbonyl (C=O) groups is 1. The molecule has 4 aromatic rings. The second-order valence-electron chi connectivity index (χ2n) is 8.79. The predicted octanol–water partition coefficient (Wildman–Crippen LogP) is 3.79. The van der Waals surface area contributed by atoms with Crippen molar-refractivity contribution >= 4 is 49.9 Å². The first-order valence-corrected chi connectivity index (χ1v) is 12.5. The molecule has 0 bridgehead atoms. The molecule has 0 spiro atoms. The maximum absolute atomic E-state index is 14.0. The number of amides is 1. The average Bonchev–Trinajstić information content (AvgIpc) is 3.37. The number of carbonyl (C=O) groups excluding carboxylic acids is 1. The lowest BCUT2D eigenvalue weighted by molar-refractivity contribution is 0.0947. The van der Waals surface area contributed by atoms with Crippen molar-refractivity contribution in [2.75, 3.05) is 43.4 Å². The molecule has 8 nitrogen and oxygen atoms in total. The molecule has 4 heterocycles. The number of fused-ring (bicyclic) bond motifs is 2. The summed E-state index contributed by atoms with van der Waals surface area (Å²) in [6.45, 7) is 2.63. The molecule has 0 aliphatic carbocycles. The van der Waals surface area contributed by atoms with Gasteiger partial charge >= 0.3 is 5.91 Å². The van der Waals surface area contributed by atoms with Crippen molar-refractivity contribution in [1.29, 1.82) is 0 Å². The van der Waals surface area contributed by atoms with Gasteiger partial charge in [0.25, 0.3) is 5.56 Å². The summed E-state index contributed by atoms with van der Waals surface area (Å²) in [5.41, 5.74) is 2.62. The molecule has 1 unspecified atom stereocenters. The standard InChI is InChI=1S/C25H23ClN5O3S/c1-31(16-17-6-2-3-7-19(17)26)21-14-23(32)29(28-10-12-34-13-11-28)15-18(21)24(33)30(31)25-27-20-8-4-5-9-22(20)35-25/h2-9,14-15H,10-13,16H2,1H3/q+1. The molecule has 0 N–H and O–H groups in total. The van der Waals surface area contributed by atoms with Crippen LogP contribution in [0.15, 0.2) is 65.6 Å². The number of para-hydroxylation sites is 1. The van der Waals surface area contributed by atoms with Gasteiger partial charge in [0.2, 0.25) is 5.13 Å². The summed E-state index contributed by atoms with van der Waals surface area (Å²) in [5.74, 6) is -0.199. The van der Waals surface area contributed by atoms with Crippen molar-refractivity contribution in [3.8, 4) is 0 Å². The third-order valence-electron chi connectivity index (χ3n) is 6.59. The van der Waals surface area contributed by atoms with E-state index in [2.05, 4.69) is 0 Å². The summed E-state index contributed by atoms with van der Waals surface area (Å²) in [7, 11) is 1.93. The van der Waals surface area contributed by atoms with Gasteiger partial charge < -0.3 is 9.75 Å². The third-order valence-corrected chi connectivity index (χ3v) is 7.97. The van der Waals surface area contributed by atoms with Crippen LogP contribution in [-0.4, -0.2) is 48.9 Å². The second-order valence-corrected chi connectivity index (χ2v) is 10.2. The van der Waals surface area contributed by atoms with Crippen LogP contribution >= 0.6 is 22.9 Å². The quantitative estimate of drug-likeness (QED) is 0.392. The van der Waals surface area contributed by atoms with E-state index in [9.17, 15) is 9.59 Å². The number of morpholine rings is 1. The lowest BCUT2D eigenvalue weighted by Crippen LogP contribution is -2.57. The number of ether oxygens (including phenoxy) is 1. The van der Waals surface area contributed by atoms with Crippen LogP contribution < -0.4 is 20.2 Å². The summed E-state index contributed by atoms with van der Waals surface area (Å²) in [6, 6.07) is 17.0. The van der Waals surface area contributed by atoms with E-state index < -0.39 is 0 Å². The van der Waals surface area contributed by atoms with E-state index in [1.807, 2.05) is 60.6 Å². The number of rotatable bonds is 4. The van der Waals surface area contributed by atoms with Crippen molar-refractivity contribution in [1.82, 2.24) is 14.3 Å². The van der Waals surface area contributed by atoms with Crippen LogP contribution in [0.3, 0.4) is 0 Å². The van der Waals surface area contributed by atoms with Crippen LogP contribution in [0.4, 0.5) is 10.8 Å². The number of nitrogens with zero attached hydrogens (tertiary/aromatic N) is 5. The van der Waals surface area contributed by atoms with Crippen LogP contribution in [0.2, 0.25) is 5.02 Å². The number of pyridine rings is 1. The summed E-state index contributed by atoms with van der Waals surface area (Å²) in [4.78, 5) is 32.1. The largest absolute Gasteiger partial charge is 0.378 e. The van der Waals surface area contributed by atoms with Gasteiger partial charge in [0.05, 0.1) is 49.6 Å². The summed E-state index contributed by atoms with van der Waals surface area (Å²) in [6.07, 6.45) is 1.67. The van der Waals surface area contributed by atoms with Gasteiger partial charge in [0.15, 0.2) is 5.69 Å². The normalized spacial score (nSPS) is 20.0. The molecule has 2 aliphatic rings. The van der Waals surface area contributed by atoms with E-state index in [0.717, 1.165) is 15.8 Å². The Balaban J connectivity index is 1.53. The maximum Gasteiger partial charge on any atom is 0.314 e. The molecular formula is C25H23ClN5O3S+. The zero-order chi connectivity index (χ0) is 24.2. The van der Waals surface area contributed by atoms with Crippen molar-refractivity contribution in [2.24, 2.45) is 0 Å². The lowest BCUT2D eigenvalue weighted by atomic mass is 10.2. The number of benzene rings is 2. The summed E-state index contributed by atoms with van der Waals surface area (Å²) in [5, 5.41) is 4.78. The van der Waals surface area contributed by atoms with Crippen LogP contribution in [0.25, 0.3) is 10.2 Å². The molecule has 6 rings (SSSR count). The van der Waals surface area contributed by atoms with Crippen LogP contribution in [-0.2, 0) is 11.3 Å². The van der Waals surface area contributed by atoms with Gasteiger partial charge in [0.1, 0.15) is 12.1 Å². The Labute approximate surface area is 210 Å². The molecule has 1 saturated heterocycles. The monoisotopic (exact) mass is 508 g/mol. The van der Waals surface area contributed by atoms with Gasteiger partial charge in [-0.1, -0.05) is 53.3 Å². The molecular weight excluding hydrogens is 486 g/mol. The van der Waals surface area contributed by atoms with Gasteiger partial charge in [-0.3, -0.25) is 9.59 Å². The molecule has 2 aromatic carbocycles. The first-order valence-electron chi connectivity index (χ1n) is 11.4. The molecule has 0 radical (unpaired) electrons. The van der Waals surface area contributed by atoms with Crippen LogP contribution in [0.5, 0.6) is 0 Å². The smallest absolute Gasteiger partial charge is 0.314 e. The van der Waals surface area contributed by atoms with E-state index in [1.54, 1.807) is 21.9 Å². The minimum absolute atomic E-state index is 0.0386. The maximum atomic E-state index is 14.0. The molecule has 2 aliphatic heterocycles. The molecule has 2 aromatic heterocycles. The number of aromatic nitrogens is 2. The van der Waals surface area contributed by atoms with Crippen LogP contribution in [0.1, 0.15) is 15.9 Å². The fraction of sp³-hybridized carbons (Fsp3) is 0.240. The SMILES string of the molecule is C[N+]1(Cc2ccccc2Cl)c2cc(=O)n(N3CCOCC3)cc2C(=O)N1c1nc2ccccc2s1. The number of hydrogen-bond donors (Lipinski definition) is 0. The second kappa shape index (κ2) is 8.46. The van der Waals surface area contributed by atoms with E-state index in [1.165, 1.54) is 11.3 Å². The van der Waals surface area contributed by atoms with E-state index in [-0.39, 0.29) is 16.1 Å². The van der Waals surface area contributed by atoms with Gasteiger partial charge in [-0.05, 0) is 18.2 Å². The zero-order valence-corrected chi connectivity index (χ0v) is 20.6. The molecule has 1 fully saturated rings. The predicted molar refractivity (Wildman–Crippen MR) is 139 cm³/mol. The number of halogens is 1. The highest BCUT2D eigenvalue weighted by Crippen LogP contribution is 2.43.